The first-order valence-corrected chi connectivity index (χ1v) is 5.97. The molecule has 21 heavy (non-hydrogen) atoms. The molecular weight excluding hydrogens is 289 g/mol. The van der Waals surface area contributed by atoms with Crippen LogP contribution in [0.5, 0.6) is 0 Å². The van der Waals surface area contributed by atoms with Gasteiger partial charge in [-0.05, 0) is 11.6 Å². The highest BCUT2D eigenvalue weighted by Gasteiger charge is 2.30. The number of amides is 2. The predicted molar refractivity (Wildman–Crippen MR) is 68.1 cm³/mol. The third-order valence-electron chi connectivity index (χ3n) is 2.65. The summed E-state index contributed by atoms with van der Waals surface area (Å²) in [7, 11) is 1.30. The number of nitrogens with two attached hydrogens (primary N) is 1. The van der Waals surface area contributed by atoms with Crippen molar-refractivity contribution in [3.63, 3.8) is 0 Å². The number of methoxy groups -OCH3 is 1. The monoisotopic (exact) mass is 304 g/mol. The average Bonchev–Trinajstić information content (AvgIpc) is 2.37. The molecule has 0 aromatic heterocycles. The van der Waals surface area contributed by atoms with Crippen molar-refractivity contribution >= 4 is 11.8 Å². The van der Waals surface area contributed by atoms with Crippen molar-refractivity contribution in [2.45, 2.75) is 18.6 Å². The molecule has 0 unspecified atom stereocenters. The number of carbonyl (C=O) groups excluding carboxylic acids is 2. The number of primary amides is 1. The number of rotatable bonds is 6. The molecule has 0 radical (unpaired) electrons. The van der Waals surface area contributed by atoms with Gasteiger partial charge in [0.25, 0.3) is 0 Å². The summed E-state index contributed by atoms with van der Waals surface area (Å²) < 4.78 is 42.4. The summed E-state index contributed by atoms with van der Waals surface area (Å²) in [5.41, 5.74) is 4.55. The van der Waals surface area contributed by atoms with Gasteiger partial charge in [0, 0.05) is 13.5 Å². The molecule has 1 atom stereocenters. The van der Waals surface area contributed by atoms with Gasteiger partial charge in [-0.1, -0.05) is 18.2 Å². The summed E-state index contributed by atoms with van der Waals surface area (Å²) in [4.78, 5) is 22.6. The normalized spacial score (nSPS) is 12.8. The molecule has 0 aliphatic rings. The van der Waals surface area contributed by atoms with Crippen LogP contribution in [0.2, 0.25) is 0 Å². The summed E-state index contributed by atoms with van der Waals surface area (Å²) in [5, 5.41) is 2.30. The lowest BCUT2D eigenvalue weighted by Crippen LogP contribution is -2.47. The van der Waals surface area contributed by atoms with Crippen LogP contribution in [0.25, 0.3) is 0 Å². The van der Waals surface area contributed by atoms with Crippen LogP contribution < -0.4 is 11.1 Å². The Morgan fingerprint density at radius 3 is 2.57 bits per heavy atom. The molecule has 0 aliphatic heterocycles. The Morgan fingerprint density at radius 1 is 1.38 bits per heavy atom. The number of halogens is 3. The van der Waals surface area contributed by atoms with E-state index in [1.54, 1.807) is 0 Å². The van der Waals surface area contributed by atoms with Gasteiger partial charge in [-0.25, -0.2) is 0 Å². The zero-order chi connectivity index (χ0) is 16.0. The zero-order valence-electron chi connectivity index (χ0n) is 11.2. The van der Waals surface area contributed by atoms with Crippen molar-refractivity contribution in [1.29, 1.82) is 0 Å². The van der Waals surface area contributed by atoms with E-state index in [2.05, 4.69) is 10.1 Å². The quantitative estimate of drug-likeness (QED) is 0.818. The molecule has 8 heteroatoms. The minimum atomic E-state index is -4.47. The van der Waals surface area contributed by atoms with Gasteiger partial charge in [0.15, 0.2) is 0 Å². The second-order valence-corrected chi connectivity index (χ2v) is 4.36. The molecule has 0 saturated carbocycles. The minimum absolute atomic E-state index is 0.130. The van der Waals surface area contributed by atoms with E-state index in [1.807, 2.05) is 0 Å². The number of hydrogen-bond acceptors (Lipinski definition) is 3. The van der Waals surface area contributed by atoms with E-state index >= 15 is 0 Å². The van der Waals surface area contributed by atoms with Crippen molar-refractivity contribution in [3.8, 4) is 0 Å². The van der Waals surface area contributed by atoms with Crippen LogP contribution in [0.1, 0.15) is 11.1 Å². The van der Waals surface area contributed by atoms with Gasteiger partial charge in [-0.15, -0.1) is 0 Å². The van der Waals surface area contributed by atoms with Crippen LogP contribution in [0.3, 0.4) is 0 Å². The molecule has 0 saturated heterocycles. The number of nitrogens with one attached hydrogen (secondary N) is 1. The largest absolute Gasteiger partial charge is 0.416 e. The number of ether oxygens (including phenoxy) is 1. The molecule has 1 aromatic carbocycles. The van der Waals surface area contributed by atoms with Crippen LogP contribution in [-0.4, -0.2) is 31.6 Å². The second-order valence-electron chi connectivity index (χ2n) is 4.36. The fraction of sp³-hybridized carbons (Fsp3) is 0.385. The van der Waals surface area contributed by atoms with E-state index in [-0.39, 0.29) is 18.6 Å². The van der Waals surface area contributed by atoms with E-state index in [1.165, 1.54) is 19.2 Å². The lowest BCUT2D eigenvalue weighted by atomic mass is 10.0. The van der Waals surface area contributed by atoms with Crippen LogP contribution >= 0.6 is 0 Å². The fourth-order valence-corrected chi connectivity index (χ4v) is 1.70. The first-order chi connectivity index (χ1) is 9.74. The topological polar surface area (TPSA) is 81.4 Å². The average molecular weight is 304 g/mol. The first-order valence-electron chi connectivity index (χ1n) is 5.97. The molecule has 0 spiro atoms. The first kappa shape index (κ1) is 17.0. The summed E-state index contributed by atoms with van der Waals surface area (Å²) in [6.45, 7) is -0.271. The smallest absolute Gasteiger partial charge is 0.375 e. The Morgan fingerprint density at radius 2 is 2.05 bits per heavy atom. The van der Waals surface area contributed by atoms with E-state index in [4.69, 9.17) is 5.73 Å². The molecule has 1 aromatic rings. The van der Waals surface area contributed by atoms with Gasteiger partial charge in [0.2, 0.25) is 11.8 Å². The van der Waals surface area contributed by atoms with Gasteiger partial charge in [-0.3, -0.25) is 9.59 Å². The SMILES string of the molecule is COCC(=O)N[C@H](Cc1cccc(C(F)(F)F)c1)C(N)=O. The van der Waals surface area contributed by atoms with E-state index < -0.39 is 29.6 Å². The summed E-state index contributed by atoms with van der Waals surface area (Å²) in [6, 6.07) is 3.39. The maximum absolute atomic E-state index is 12.6. The molecule has 0 bridgehead atoms. The highest BCUT2D eigenvalue weighted by molar-refractivity contribution is 5.87. The third kappa shape index (κ3) is 5.42. The molecule has 0 fully saturated rings. The fourth-order valence-electron chi connectivity index (χ4n) is 1.70. The highest BCUT2D eigenvalue weighted by Crippen LogP contribution is 2.29. The number of benzene rings is 1. The maximum atomic E-state index is 12.6. The minimum Gasteiger partial charge on any atom is -0.375 e. The molecule has 1 rings (SSSR count). The van der Waals surface area contributed by atoms with Crippen LogP contribution in [0.15, 0.2) is 24.3 Å². The molecule has 0 heterocycles. The zero-order valence-corrected chi connectivity index (χ0v) is 11.2. The third-order valence-corrected chi connectivity index (χ3v) is 2.65. The Hall–Kier alpha value is -2.09. The lowest BCUT2D eigenvalue weighted by Gasteiger charge is -2.16. The van der Waals surface area contributed by atoms with Crippen LogP contribution in [0, 0.1) is 0 Å². The van der Waals surface area contributed by atoms with Gasteiger partial charge in [0.1, 0.15) is 12.6 Å². The van der Waals surface area contributed by atoms with Crippen LogP contribution in [-0.2, 0) is 26.9 Å². The molecule has 0 aliphatic carbocycles. The molecule has 2 amide bonds. The van der Waals surface area contributed by atoms with Gasteiger partial charge in [-0.2, -0.15) is 13.2 Å². The Labute approximate surface area is 119 Å². The Balaban J connectivity index is 2.85. The summed E-state index contributed by atoms with van der Waals surface area (Å²) >= 11 is 0. The maximum Gasteiger partial charge on any atom is 0.416 e. The molecular formula is C13H15F3N2O3. The van der Waals surface area contributed by atoms with Crippen LogP contribution in [0.4, 0.5) is 13.2 Å². The number of alkyl halides is 3. The Bertz CT molecular complexity index is 518. The summed E-state index contributed by atoms with van der Waals surface area (Å²) in [5.74, 6) is -1.41. The van der Waals surface area contributed by atoms with Gasteiger partial charge in [0.05, 0.1) is 5.56 Å². The Kier molecular flexibility index (Phi) is 5.71. The van der Waals surface area contributed by atoms with Crippen molar-refractivity contribution < 1.29 is 27.5 Å². The van der Waals surface area contributed by atoms with Crippen molar-refractivity contribution in [1.82, 2.24) is 5.32 Å². The van der Waals surface area contributed by atoms with Crippen molar-refractivity contribution in [2.24, 2.45) is 5.73 Å². The lowest BCUT2D eigenvalue weighted by molar-refractivity contribution is -0.137. The van der Waals surface area contributed by atoms with Crippen molar-refractivity contribution in [3.05, 3.63) is 35.4 Å². The number of hydrogen-bond donors (Lipinski definition) is 2. The molecule has 3 N–H and O–H groups in total. The predicted octanol–water partition coefficient (Wildman–Crippen LogP) is 0.864. The van der Waals surface area contributed by atoms with E-state index in [0.29, 0.717) is 0 Å². The standard InChI is InChI=1S/C13H15F3N2O3/c1-21-7-11(19)18-10(12(17)20)6-8-3-2-4-9(5-8)13(14,15)16/h2-5,10H,6-7H2,1H3,(H2,17,20)(H,18,19)/t10-/m1/s1. The van der Waals surface area contributed by atoms with E-state index in [0.717, 1.165) is 12.1 Å². The van der Waals surface area contributed by atoms with Crippen molar-refractivity contribution in [2.75, 3.05) is 13.7 Å². The number of carbonyl (C=O) groups is 2. The molecule has 5 nitrogen and oxygen atoms in total. The van der Waals surface area contributed by atoms with Gasteiger partial charge < -0.3 is 15.8 Å². The van der Waals surface area contributed by atoms with E-state index in [9.17, 15) is 22.8 Å². The molecule has 116 valence electrons. The van der Waals surface area contributed by atoms with Gasteiger partial charge >= 0.3 is 6.18 Å². The second kappa shape index (κ2) is 7.07. The highest BCUT2D eigenvalue weighted by atomic mass is 19.4. The summed E-state index contributed by atoms with van der Waals surface area (Å²) in [6.07, 6.45) is -4.60.